The first-order chi connectivity index (χ1) is 11.9. The summed E-state index contributed by atoms with van der Waals surface area (Å²) in [5.74, 6) is 0.0164. The van der Waals surface area contributed by atoms with Gasteiger partial charge in [0.15, 0.2) is 0 Å². The Morgan fingerprint density at radius 3 is 2.52 bits per heavy atom. The molecule has 1 aliphatic carbocycles. The Morgan fingerprint density at radius 1 is 1.20 bits per heavy atom. The fourth-order valence-corrected chi connectivity index (χ4v) is 3.02. The molecule has 1 aliphatic rings. The Bertz CT molecular complexity index is 781. The summed E-state index contributed by atoms with van der Waals surface area (Å²) in [5.41, 5.74) is 3.06. The van der Waals surface area contributed by atoms with Crippen LogP contribution in [-0.2, 0) is 4.79 Å². The van der Waals surface area contributed by atoms with E-state index in [-0.39, 0.29) is 6.04 Å². The minimum atomic E-state index is -0.530. The van der Waals surface area contributed by atoms with E-state index in [4.69, 9.17) is 4.42 Å². The van der Waals surface area contributed by atoms with E-state index in [2.05, 4.69) is 26.9 Å². The van der Waals surface area contributed by atoms with Crippen molar-refractivity contribution >= 4 is 23.7 Å². The van der Waals surface area contributed by atoms with Gasteiger partial charge in [0, 0.05) is 11.6 Å². The summed E-state index contributed by atoms with van der Waals surface area (Å²) in [6, 6.07) is 5.74. The van der Waals surface area contributed by atoms with Gasteiger partial charge in [-0.2, -0.15) is 0 Å². The summed E-state index contributed by atoms with van der Waals surface area (Å²) in [6.45, 7) is 5.69. The summed E-state index contributed by atoms with van der Waals surface area (Å²) in [6.07, 6.45) is 1.93. The molecule has 2 aromatic rings. The lowest BCUT2D eigenvalue weighted by Gasteiger charge is -2.09. The van der Waals surface area contributed by atoms with E-state index in [1.54, 1.807) is 6.92 Å². The number of carbonyl (C=O) groups excluding carboxylic acids is 2. The van der Waals surface area contributed by atoms with Gasteiger partial charge in [-0.15, -0.1) is 10.2 Å². The SMILES string of the molecule is Cc1cc(C)cc(-c2nnc(SC(C)C(=O)NC(=O)NC3CC3)o2)c1. The molecule has 132 valence electrons. The van der Waals surface area contributed by atoms with E-state index in [0.717, 1.165) is 41.3 Å². The molecule has 0 saturated heterocycles. The van der Waals surface area contributed by atoms with Gasteiger partial charge in [0.05, 0.1) is 5.25 Å². The van der Waals surface area contributed by atoms with Gasteiger partial charge in [-0.3, -0.25) is 10.1 Å². The number of rotatable bonds is 5. The summed E-state index contributed by atoms with van der Waals surface area (Å²) in [5, 5.41) is 12.8. The fraction of sp³-hybridized carbons (Fsp3) is 0.412. The minimum absolute atomic E-state index is 0.201. The highest BCUT2D eigenvalue weighted by molar-refractivity contribution is 8.00. The van der Waals surface area contributed by atoms with Crippen LogP contribution < -0.4 is 10.6 Å². The number of hydrogen-bond acceptors (Lipinski definition) is 6. The number of aromatic nitrogens is 2. The second kappa shape index (κ2) is 7.26. The molecule has 1 heterocycles. The standard InChI is InChI=1S/C17H20N4O3S/c1-9-6-10(2)8-12(7-9)15-20-21-17(24-15)25-11(3)14(22)19-16(23)18-13-4-5-13/h6-8,11,13H,4-5H2,1-3H3,(H2,18,19,22,23). The number of carbonyl (C=O) groups is 2. The van der Waals surface area contributed by atoms with Crippen LogP contribution in [-0.4, -0.2) is 33.4 Å². The molecule has 8 heteroatoms. The zero-order valence-corrected chi connectivity index (χ0v) is 15.1. The number of nitrogens with one attached hydrogen (secondary N) is 2. The van der Waals surface area contributed by atoms with Crippen molar-refractivity contribution in [3.05, 3.63) is 29.3 Å². The third-order valence-electron chi connectivity index (χ3n) is 3.67. The van der Waals surface area contributed by atoms with Crippen LogP contribution in [0.5, 0.6) is 0 Å². The Kier molecular flexibility index (Phi) is 5.08. The number of aryl methyl sites for hydroxylation is 2. The highest BCUT2D eigenvalue weighted by Gasteiger charge is 2.26. The molecule has 1 atom stereocenters. The summed E-state index contributed by atoms with van der Waals surface area (Å²) >= 11 is 1.12. The molecule has 25 heavy (non-hydrogen) atoms. The first-order valence-electron chi connectivity index (χ1n) is 8.11. The van der Waals surface area contributed by atoms with Gasteiger partial charge in [-0.1, -0.05) is 29.0 Å². The average Bonchev–Trinajstić information content (AvgIpc) is 3.21. The maximum Gasteiger partial charge on any atom is 0.321 e. The van der Waals surface area contributed by atoms with Crippen molar-refractivity contribution in [2.45, 2.75) is 50.1 Å². The molecule has 1 saturated carbocycles. The second-order valence-electron chi connectivity index (χ2n) is 6.25. The van der Waals surface area contributed by atoms with Gasteiger partial charge >= 0.3 is 6.03 Å². The van der Waals surface area contributed by atoms with Crippen LogP contribution in [0.3, 0.4) is 0 Å². The summed E-state index contributed by atoms with van der Waals surface area (Å²) in [7, 11) is 0. The number of urea groups is 1. The van der Waals surface area contributed by atoms with Crippen molar-refractivity contribution in [2.75, 3.05) is 0 Å². The predicted molar refractivity (Wildman–Crippen MR) is 94.2 cm³/mol. The monoisotopic (exact) mass is 360 g/mol. The molecule has 1 aromatic carbocycles. The zero-order valence-electron chi connectivity index (χ0n) is 14.3. The zero-order chi connectivity index (χ0) is 18.0. The second-order valence-corrected chi connectivity index (χ2v) is 7.54. The average molecular weight is 360 g/mol. The largest absolute Gasteiger partial charge is 0.411 e. The highest BCUT2D eigenvalue weighted by Crippen LogP contribution is 2.27. The lowest BCUT2D eigenvalue weighted by molar-refractivity contribution is -0.119. The topological polar surface area (TPSA) is 97.1 Å². The Labute approximate surface area is 150 Å². The summed E-state index contributed by atoms with van der Waals surface area (Å²) in [4.78, 5) is 23.7. The summed E-state index contributed by atoms with van der Waals surface area (Å²) < 4.78 is 5.64. The maximum atomic E-state index is 12.0. The lowest BCUT2D eigenvalue weighted by Crippen LogP contribution is -2.43. The minimum Gasteiger partial charge on any atom is -0.411 e. The Balaban J connectivity index is 1.60. The molecule has 0 spiro atoms. The Hall–Kier alpha value is -2.35. The van der Waals surface area contributed by atoms with E-state index < -0.39 is 17.2 Å². The van der Waals surface area contributed by atoms with Crippen molar-refractivity contribution in [1.29, 1.82) is 0 Å². The van der Waals surface area contributed by atoms with Crippen LogP contribution in [0.2, 0.25) is 0 Å². The van der Waals surface area contributed by atoms with Gasteiger partial charge in [0.25, 0.3) is 5.22 Å². The van der Waals surface area contributed by atoms with E-state index in [0.29, 0.717) is 11.1 Å². The number of imide groups is 1. The highest BCUT2D eigenvalue weighted by atomic mass is 32.2. The van der Waals surface area contributed by atoms with E-state index in [1.165, 1.54) is 0 Å². The van der Waals surface area contributed by atoms with Crippen molar-refractivity contribution in [2.24, 2.45) is 0 Å². The van der Waals surface area contributed by atoms with Crippen LogP contribution in [0.25, 0.3) is 11.5 Å². The first kappa shape index (κ1) is 17.5. The number of amides is 3. The van der Waals surface area contributed by atoms with Crippen LogP contribution in [0, 0.1) is 13.8 Å². The third-order valence-corrected chi connectivity index (χ3v) is 4.61. The molecule has 2 N–H and O–H groups in total. The molecule has 3 rings (SSSR count). The van der Waals surface area contributed by atoms with E-state index in [9.17, 15) is 9.59 Å². The number of nitrogens with zero attached hydrogens (tertiary/aromatic N) is 2. The van der Waals surface area contributed by atoms with Gasteiger partial charge in [-0.25, -0.2) is 4.79 Å². The van der Waals surface area contributed by atoms with Crippen LogP contribution in [0.15, 0.2) is 27.8 Å². The molecular formula is C17H20N4O3S. The molecule has 3 amide bonds. The lowest BCUT2D eigenvalue weighted by atomic mass is 10.1. The predicted octanol–water partition coefficient (Wildman–Crippen LogP) is 2.82. The molecule has 1 fully saturated rings. The van der Waals surface area contributed by atoms with E-state index in [1.807, 2.05) is 26.0 Å². The number of benzene rings is 1. The molecule has 7 nitrogen and oxygen atoms in total. The first-order valence-corrected chi connectivity index (χ1v) is 8.99. The van der Waals surface area contributed by atoms with Crippen molar-refractivity contribution < 1.29 is 14.0 Å². The smallest absolute Gasteiger partial charge is 0.321 e. The van der Waals surface area contributed by atoms with E-state index >= 15 is 0 Å². The van der Waals surface area contributed by atoms with Crippen LogP contribution in [0.1, 0.15) is 30.9 Å². The molecule has 1 aromatic heterocycles. The van der Waals surface area contributed by atoms with Crippen molar-refractivity contribution in [3.8, 4) is 11.5 Å². The Morgan fingerprint density at radius 2 is 1.88 bits per heavy atom. The van der Waals surface area contributed by atoms with Crippen LogP contribution >= 0.6 is 11.8 Å². The van der Waals surface area contributed by atoms with Crippen molar-refractivity contribution in [3.63, 3.8) is 0 Å². The molecule has 1 unspecified atom stereocenters. The quantitative estimate of drug-likeness (QED) is 0.796. The normalized spacial score (nSPS) is 14.8. The fourth-order valence-electron chi connectivity index (χ4n) is 2.34. The van der Waals surface area contributed by atoms with Crippen molar-refractivity contribution in [1.82, 2.24) is 20.8 Å². The van der Waals surface area contributed by atoms with Gasteiger partial charge in [0.1, 0.15) is 0 Å². The number of hydrogen-bond donors (Lipinski definition) is 2. The molecule has 0 aliphatic heterocycles. The van der Waals surface area contributed by atoms with Gasteiger partial charge in [-0.05, 0) is 45.7 Å². The molecule has 0 bridgehead atoms. The third kappa shape index (κ3) is 4.82. The maximum absolute atomic E-state index is 12.0. The molecular weight excluding hydrogens is 340 g/mol. The molecule has 0 radical (unpaired) electrons. The number of thioether (sulfide) groups is 1. The van der Waals surface area contributed by atoms with Gasteiger partial charge in [0.2, 0.25) is 11.8 Å². The van der Waals surface area contributed by atoms with Gasteiger partial charge < -0.3 is 9.73 Å². The van der Waals surface area contributed by atoms with Crippen LogP contribution in [0.4, 0.5) is 4.79 Å².